The molecule has 0 saturated carbocycles. The lowest BCUT2D eigenvalue weighted by Gasteiger charge is -2.14. The van der Waals surface area contributed by atoms with Crippen molar-refractivity contribution in [1.82, 2.24) is 0 Å². The number of carboxylic acid groups (broad SMARTS) is 1. The van der Waals surface area contributed by atoms with E-state index >= 15 is 0 Å². The number of rotatable bonds is 5. The largest absolute Gasteiger partial charge is 0.481 e. The summed E-state index contributed by atoms with van der Waals surface area (Å²) in [6.07, 6.45) is -0.207. The minimum atomic E-state index is -0.990. The number of hydrogen-bond acceptors (Lipinski definition) is 3. The maximum absolute atomic E-state index is 11.3. The molecule has 0 bridgehead atoms. The summed E-state index contributed by atoms with van der Waals surface area (Å²) in [4.78, 5) is 21.6. The van der Waals surface area contributed by atoms with E-state index in [1.807, 2.05) is 0 Å². The van der Waals surface area contributed by atoms with Crippen LogP contribution in [0, 0.1) is 0 Å². The lowest BCUT2D eigenvalue weighted by atomic mass is 9.95. The zero-order valence-corrected chi connectivity index (χ0v) is 10.9. The maximum Gasteiger partial charge on any atom is 0.307 e. The predicted octanol–water partition coefficient (Wildman–Crippen LogP) is 1.83. The van der Waals surface area contributed by atoms with Gasteiger partial charge < -0.3 is 10.2 Å². The van der Waals surface area contributed by atoms with Crippen molar-refractivity contribution in [2.24, 2.45) is 0 Å². The molecule has 0 heterocycles. The van der Waals surface area contributed by atoms with Gasteiger partial charge in [0.2, 0.25) is 0 Å². The molecule has 1 unspecified atom stereocenters. The number of carbonyl (C=O) groups excluding carboxylic acids is 1. The van der Waals surface area contributed by atoms with Gasteiger partial charge in [0.15, 0.2) is 0 Å². The molecule has 2 N–H and O–H groups in total. The topological polar surface area (TPSA) is 74.6 Å². The normalized spacial score (nSPS) is 12.2. The Hall–Kier alpha value is -1.20. The van der Waals surface area contributed by atoms with Crippen molar-refractivity contribution in [3.8, 4) is 0 Å². The molecule has 1 aromatic rings. The highest BCUT2D eigenvalue weighted by atomic mass is 79.9. The molecule has 1 rings (SSSR count). The fraction of sp³-hybridized carbons (Fsp3) is 0.333. The van der Waals surface area contributed by atoms with Gasteiger partial charge in [-0.3, -0.25) is 9.59 Å². The molecule has 0 saturated heterocycles. The Bertz CT molecular complexity index is 442. The zero-order valence-electron chi connectivity index (χ0n) is 9.31. The van der Waals surface area contributed by atoms with E-state index < -0.39 is 10.8 Å². The van der Waals surface area contributed by atoms with Crippen molar-refractivity contribution in [3.05, 3.63) is 34.9 Å². The van der Waals surface area contributed by atoms with E-state index in [4.69, 9.17) is 5.11 Å². The molecule has 0 aromatic heterocycles. The number of ketones is 1. The highest BCUT2D eigenvalue weighted by Gasteiger charge is 2.19. The molecule has 1 atom stereocenters. The van der Waals surface area contributed by atoms with Crippen LogP contribution in [0.5, 0.6) is 0 Å². The summed E-state index contributed by atoms with van der Waals surface area (Å²) in [6.45, 7) is 1.18. The van der Waals surface area contributed by atoms with Gasteiger partial charge in [0.1, 0.15) is 5.78 Å². The number of aliphatic hydroxyl groups is 1. The van der Waals surface area contributed by atoms with Crippen molar-refractivity contribution in [2.45, 2.75) is 24.8 Å². The lowest BCUT2D eigenvalue weighted by Crippen LogP contribution is -2.11. The summed E-state index contributed by atoms with van der Waals surface area (Å²) < 4.78 is 0. The highest BCUT2D eigenvalue weighted by molar-refractivity contribution is 9.09. The Morgan fingerprint density at radius 1 is 1.41 bits per heavy atom. The fourth-order valence-electron chi connectivity index (χ4n) is 1.63. The second-order valence-corrected chi connectivity index (χ2v) is 4.60. The molecule has 17 heavy (non-hydrogen) atoms. The Morgan fingerprint density at radius 2 is 2.06 bits per heavy atom. The molecule has 0 radical (unpaired) electrons. The molecule has 4 nitrogen and oxygen atoms in total. The summed E-state index contributed by atoms with van der Waals surface area (Å²) >= 11 is 3.23. The van der Waals surface area contributed by atoms with Gasteiger partial charge in [-0.15, -0.1) is 0 Å². The van der Waals surface area contributed by atoms with E-state index in [-0.39, 0.29) is 18.8 Å². The Balaban J connectivity index is 3.28. The van der Waals surface area contributed by atoms with Gasteiger partial charge in [0.25, 0.3) is 0 Å². The lowest BCUT2D eigenvalue weighted by molar-refractivity contribution is -0.136. The van der Waals surface area contributed by atoms with Gasteiger partial charge in [-0.1, -0.05) is 34.1 Å². The van der Waals surface area contributed by atoms with E-state index in [2.05, 4.69) is 15.9 Å². The van der Waals surface area contributed by atoms with Crippen molar-refractivity contribution in [3.63, 3.8) is 0 Å². The number of hydrogen-bond donors (Lipinski definition) is 2. The van der Waals surface area contributed by atoms with Crippen molar-refractivity contribution in [1.29, 1.82) is 0 Å². The molecule has 0 fully saturated rings. The first-order chi connectivity index (χ1) is 7.97. The van der Waals surface area contributed by atoms with Crippen LogP contribution in [0.2, 0.25) is 0 Å². The second kappa shape index (κ2) is 5.93. The minimum Gasteiger partial charge on any atom is -0.481 e. The number of carbonyl (C=O) groups is 2. The first-order valence-corrected chi connectivity index (χ1v) is 5.96. The van der Waals surface area contributed by atoms with Crippen LogP contribution in [0.3, 0.4) is 0 Å². The van der Waals surface area contributed by atoms with E-state index in [0.29, 0.717) is 16.7 Å². The molecule has 0 aliphatic carbocycles. The van der Waals surface area contributed by atoms with Crippen LogP contribution in [-0.4, -0.2) is 22.0 Å². The van der Waals surface area contributed by atoms with Gasteiger partial charge in [-0.05, 0) is 23.6 Å². The molecule has 0 amide bonds. The van der Waals surface area contributed by atoms with Crippen LogP contribution in [0.1, 0.15) is 28.4 Å². The average Bonchev–Trinajstić information content (AvgIpc) is 2.27. The number of benzene rings is 1. The second-order valence-electron chi connectivity index (χ2n) is 3.69. The quantitative estimate of drug-likeness (QED) is 0.814. The van der Waals surface area contributed by atoms with Gasteiger partial charge in [-0.2, -0.15) is 0 Å². The van der Waals surface area contributed by atoms with E-state index in [0.717, 1.165) is 0 Å². The molecule has 5 heteroatoms. The Morgan fingerprint density at radius 3 is 2.53 bits per heavy atom. The van der Waals surface area contributed by atoms with Crippen LogP contribution in [-0.2, 0) is 22.6 Å². The van der Waals surface area contributed by atoms with Gasteiger partial charge in [0, 0.05) is 0 Å². The molecule has 0 aliphatic heterocycles. The molecular weight excluding hydrogens is 288 g/mol. The van der Waals surface area contributed by atoms with Crippen molar-refractivity contribution < 1.29 is 19.8 Å². The van der Waals surface area contributed by atoms with Gasteiger partial charge in [0.05, 0.1) is 17.9 Å². The van der Waals surface area contributed by atoms with E-state index in [1.54, 1.807) is 18.2 Å². The highest BCUT2D eigenvalue weighted by Crippen LogP contribution is 2.29. The third-order valence-electron chi connectivity index (χ3n) is 2.44. The number of aliphatic hydroxyl groups excluding tert-OH is 1. The summed E-state index contributed by atoms with van der Waals surface area (Å²) in [7, 11) is 0. The predicted molar refractivity (Wildman–Crippen MR) is 66.1 cm³/mol. The maximum atomic E-state index is 11.3. The number of aliphatic carboxylic acids is 1. The molecule has 0 aliphatic rings. The number of halogens is 1. The Kier molecular flexibility index (Phi) is 4.84. The smallest absolute Gasteiger partial charge is 0.307 e. The van der Waals surface area contributed by atoms with Crippen LogP contribution >= 0.6 is 15.9 Å². The third-order valence-corrected chi connectivity index (χ3v) is 3.58. The first-order valence-electron chi connectivity index (χ1n) is 5.05. The minimum absolute atomic E-state index is 0.105. The van der Waals surface area contributed by atoms with Gasteiger partial charge in [-0.25, -0.2) is 0 Å². The van der Waals surface area contributed by atoms with Crippen LogP contribution in [0.25, 0.3) is 0 Å². The number of carboxylic acids is 1. The third kappa shape index (κ3) is 3.38. The standard InChI is InChI=1S/C12H13BrO4/c1-7(15)12(13)9-4-2-3-8(6-14)10(9)5-11(16)17/h2-4,12,14H,5-6H2,1H3,(H,16,17). The van der Waals surface area contributed by atoms with Crippen molar-refractivity contribution in [2.75, 3.05) is 0 Å². The number of alkyl halides is 1. The summed E-state index contributed by atoms with van der Waals surface area (Å²) in [5.74, 6) is -1.10. The van der Waals surface area contributed by atoms with Crippen LogP contribution in [0.4, 0.5) is 0 Å². The summed E-state index contributed by atoms with van der Waals surface area (Å²) in [5.41, 5.74) is 1.64. The first kappa shape index (κ1) is 13.9. The average molecular weight is 301 g/mol. The van der Waals surface area contributed by atoms with Crippen molar-refractivity contribution >= 4 is 27.7 Å². The summed E-state index contributed by atoms with van der Waals surface area (Å²) in [5, 5.41) is 18.0. The summed E-state index contributed by atoms with van der Waals surface area (Å²) in [6, 6.07) is 5.04. The molecular formula is C12H13BrO4. The van der Waals surface area contributed by atoms with E-state index in [1.165, 1.54) is 6.92 Å². The SMILES string of the molecule is CC(=O)C(Br)c1cccc(CO)c1CC(=O)O. The monoisotopic (exact) mass is 300 g/mol. The zero-order chi connectivity index (χ0) is 13.0. The van der Waals surface area contributed by atoms with E-state index in [9.17, 15) is 14.7 Å². The number of Topliss-reactive ketones (excluding diaryl/α,β-unsaturated/α-hetero) is 1. The van der Waals surface area contributed by atoms with Crippen LogP contribution in [0.15, 0.2) is 18.2 Å². The van der Waals surface area contributed by atoms with Crippen LogP contribution < -0.4 is 0 Å². The fourth-order valence-corrected chi connectivity index (χ4v) is 2.05. The van der Waals surface area contributed by atoms with Gasteiger partial charge >= 0.3 is 5.97 Å². The Labute approximate surface area is 107 Å². The molecule has 1 aromatic carbocycles. The molecule has 0 spiro atoms. The molecule has 92 valence electrons.